The van der Waals surface area contributed by atoms with Crippen molar-refractivity contribution in [3.05, 3.63) is 58.9 Å². The maximum atomic E-state index is 13.1. The van der Waals surface area contributed by atoms with Crippen LogP contribution < -0.4 is 11.1 Å². The monoisotopic (exact) mass is 278 g/mol. The molecule has 0 aliphatic heterocycles. The summed E-state index contributed by atoms with van der Waals surface area (Å²) < 4.78 is 13.1. The van der Waals surface area contributed by atoms with E-state index in [9.17, 15) is 9.18 Å². The second-order valence-electron chi connectivity index (χ2n) is 4.13. The molecule has 0 atom stereocenters. The van der Waals surface area contributed by atoms with Crippen LogP contribution in [0.4, 0.5) is 15.8 Å². The van der Waals surface area contributed by atoms with Crippen LogP contribution in [-0.4, -0.2) is 5.91 Å². The smallest absolute Gasteiger partial charge is 0.228 e. The minimum Gasteiger partial charge on any atom is -0.399 e. The first-order chi connectivity index (χ1) is 9.02. The third-order valence-electron chi connectivity index (χ3n) is 2.46. The Kier molecular flexibility index (Phi) is 4.02. The van der Waals surface area contributed by atoms with E-state index in [1.807, 2.05) is 0 Å². The summed E-state index contributed by atoms with van der Waals surface area (Å²) in [5, 5.41) is 2.82. The molecule has 19 heavy (non-hydrogen) atoms. The maximum Gasteiger partial charge on any atom is 0.228 e. The van der Waals surface area contributed by atoms with Gasteiger partial charge in [-0.05, 0) is 35.9 Å². The SMILES string of the molecule is Nc1cccc(CC(=O)Nc2cc(F)cc(Cl)c2)c1. The van der Waals surface area contributed by atoms with Crippen LogP contribution >= 0.6 is 11.6 Å². The number of carbonyl (C=O) groups is 1. The predicted molar refractivity (Wildman–Crippen MR) is 74.6 cm³/mol. The van der Waals surface area contributed by atoms with Gasteiger partial charge in [-0.1, -0.05) is 23.7 Å². The van der Waals surface area contributed by atoms with E-state index in [1.165, 1.54) is 18.2 Å². The van der Waals surface area contributed by atoms with Crippen molar-refractivity contribution in [2.75, 3.05) is 11.1 Å². The first kappa shape index (κ1) is 13.4. The number of hydrogen-bond donors (Lipinski definition) is 2. The number of nitrogen functional groups attached to an aromatic ring is 1. The van der Waals surface area contributed by atoms with E-state index in [0.717, 1.165) is 5.56 Å². The Labute approximate surface area is 115 Å². The summed E-state index contributed by atoms with van der Waals surface area (Å²) in [4.78, 5) is 11.8. The Morgan fingerprint density at radius 1 is 1.26 bits per heavy atom. The molecule has 0 fully saturated rings. The largest absolute Gasteiger partial charge is 0.399 e. The minimum absolute atomic E-state index is 0.166. The fourth-order valence-electron chi connectivity index (χ4n) is 1.72. The van der Waals surface area contributed by atoms with Crippen molar-refractivity contribution < 1.29 is 9.18 Å². The molecule has 0 heterocycles. The second kappa shape index (κ2) is 5.71. The summed E-state index contributed by atoms with van der Waals surface area (Å²) in [6, 6.07) is 10.9. The van der Waals surface area contributed by atoms with Crippen LogP contribution in [0.5, 0.6) is 0 Å². The van der Waals surface area contributed by atoms with E-state index in [-0.39, 0.29) is 17.4 Å². The molecule has 0 saturated heterocycles. The van der Waals surface area contributed by atoms with Crippen molar-refractivity contribution in [1.29, 1.82) is 0 Å². The average Bonchev–Trinajstić information content (AvgIpc) is 2.26. The molecule has 3 nitrogen and oxygen atoms in total. The molecule has 2 aromatic rings. The van der Waals surface area contributed by atoms with Gasteiger partial charge in [-0.15, -0.1) is 0 Å². The van der Waals surface area contributed by atoms with Crippen LogP contribution in [0.3, 0.4) is 0 Å². The summed E-state index contributed by atoms with van der Waals surface area (Å²) in [6.07, 6.45) is 0.166. The van der Waals surface area contributed by atoms with Crippen molar-refractivity contribution in [3.8, 4) is 0 Å². The standard InChI is InChI=1S/C14H12ClFN2O/c15-10-6-11(16)8-13(7-10)18-14(19)5-9-2-1-3-12(17)4-9/h1-4,6-8H,5,17H2,(H,18,19). The summed E-state index contributed by atoms with van der Waals surface area (Å²) in [5.74, 6) is -0.751. The lowest BCUT2D eigenvalue weighted by atomic mass is 10.1. The van der Waals surface area contributed by atoms with Gasteiger partial charge in [0.15, 0.2) is 0 Å². The van der Waals surface area contributed by atoms with Gasteiger partial charge < -0.3 is 11.1 Å². The number of benzene rings is 2. The summed E-state index contributed by atoms with van der Waals surface area (Å²) in [5.41, 5.74) is 7.35. The average molecular weight is 279 g/mol. The molecule has 3 N–H and O–H groups in total. The van der Waals surface area contributed by atoms with Crippen LogP contribution in [0.2, 0.25) is 5.02 Å². The molecule has 2 rings (SSSR count). The van der Waals surface area contributed by atoms with Gasteiger partial charge in [0.25, 0.3) is 0 Å². The molecule has 98 valence electrons. The molecule has 0 radical (unpaired) electrons. The summed E-state index contributed by atoms with van der Waals surface area (Å²) >= 11 is 5.71. The zero-order chi connectivity index (χ0) is 13.8. The highest BCUT2D eigenvalue weighted by atomic mass is 35.5. The van der Waals surface area contributed by atoms with Crippen LogP contribution in [-0.2, 0) is 11.2 Å². The van der Waals surface area contributed by atoms with Crippen molar-refractivity contribution >= 4 is 28.9 Å². The van der Waals surface area contributed by atoms with Crippen LogP contribution in [0.15, 0.2) is 42.5 Å². The third-order valence-corrected chi connectivity index (χ3v) is 2.68. The highest BCUT2D eigenvalue weighted by Crippen LogP contribution is 2.18. The molecule has 0 aliphatic carbocycles. The quantitative estimate of drug-likeness (QED) is 0.847. The lowest BCUT2D eigenvalue weighted by Crippen LogP contribution is -2.14. The number of carbonyl (C=O) groups excluding carboxylic acids is 1. The second-order valence-corrected chi connectivity index (χ2v) is 4.56. The number of halogens is 2. The van der Waals surface area contributed by atoms with Gasteiger partial charge in [0, 0.05) is 16.4 Å². The highest BCUT2D eigenvalue weighted by Gasteiger charge is 2.06. The minimum atomic E-state index is -0.494. The predicted octanol–water partition coefficient (Wildman–Crippen LogP) is 3.24. The van der Waals surface area contributed by atoms with Crippen molar-refractivity contribution in [1.82, 2.24) is 0 Å². The Morgan fingerprint density at radius 3 is 2.74 bits per heavy atom. The molecule has 0 spiro atoms. The van der Waals surface area contributed by atoms with Gasteiger partial charge in [-0.2, -0.15) is 0 Å². The highest BCUT2D eigenvalue weighted by molar-refractivity contribution is 6.30. The fourth-order valence-corrected chi connectivity index (χ4v) is 1.94. The Bertz CT molecular complexity index is 596. The van der Waals surface area contributed by atoms with Crippen molar-refractivity contribution in [2.45, 2.75) is 6.42 Å². The van der Waals surface area contributed by atoms with E-state index in [2.05, 4.69) is 5.32 Å². The van der Waals surface area contributed by atoms with Crippen LogP contribution in [0.1, 0.15) is 5.56 Å². The first-order valence-electron chi connectivity index (χ1n) is 5.63. The van der Waals surface area contributed by atoms with E-state index in [0.29, 0.717) is 11.4 Å². The zero-order valence-corrected chi connectivity index (χ0v) is 10.7. The Morgan fingerprint density at radius 2 is 2.05 bits per heavy atom. The maximum absolute atomic E-state index is 13.1. The van der Waals surface area contributed by atoms with Crippen molar-refractivity contribution in [3.63, 3.8) is 0 Å². The molecule has 0 aromatic heterocycles. The number of nitrogens with one attached hydrogen (secondary N) is 1. The van der Waals surface area contributed by atoms with E-state index in [4.69, 9.17) is 17.3 Å². The molecule has 0 unspecified atom stereocenters. The number of anilines is 2. The Balaban J connectivity index is 2.05. The van der Waals surface area contributed by atoms with Gasteiger partial charge in [0.1, 0.15) is 5.82 Å². The lowest BCUT2D eigenvalue weighted by Gasteiger charge is -2.06. The van der Waals surface area contributed by atoms with Crippen molar-refractivity contribution in [2.24, 2.45) is 0 Å². The van der Waals surface area contributed by atoms with Gasteiger partial charge in [0.05, 0.1) is 6.42 Å². The molecule has 0 saturated carbocycles. The molecule has 0 bridgehead atoms. The molecular formula is C14H12ClFN2O. The molecule has 0 aliphatic rings. The van der Waals surface area contributed by atoms with Gasteiger partial charge >= 0.3 is 0 Å². The zero-order valence-electron chi connectivity index (χ0n) is 9.99. The molecule has 2 aromatic carbocycles. The lowest BCUT2D eigenvalue weighted by molar-refractivity contribution is -0.115. The Hall–Kier alpha value is -2.07. The third kappa shape index (κ3) is 3.96. The van der Waals surface area contributed by atoms with E-state index >= 15 is 0 Å². The molecular weight excluding hydrogens is 267 g/mol. The molecule has 5 heteroatoms. The van der Waals surface area contributed by atoms with Crippen LogP contribution in [0.25, 0.3) is 0 Å². The fraction of sp³-hybridized carbons (Fsp3) is 0.0714. The summed E-state index contributed by atoms with van der Waals surface area (Å²) in [6.45, 7) is 0. The summed E-state index contributed by atoms with van der Waals surface area (Å²) in [7, 11) is 0. The molecule has 1 amide bonds. The first-order valence-corrected chi connectivity index (χ1v) is 6.01. The van der Waals surface area contributed by atoms with E-state index < -0.39 is 5.82 Å². The number of amides is 1. The van der Waals surface area contributed by atoms with Crippen LogP contribution in [0, 0.1) is 5.82 Å². The number of nitrogens with two attached hydrogens (primary N) is 1. The normalized spacial score (nSPS) is 10.2. The number of hydrogen-bond acceptors (Lipinski definition) is 2. The van der Waals surface area contributed by atoms with Gasteiger partial charge in [-0.3, -0.25) is 4.79 Å². The van der Waals surface area contributed by atoms with Gasteiger partial charge in [0.2, 0.25) is 5.91 Å². The topological polar surface area (TPSA) is 55.1 Å². The number of rotatable bonds is 3. The van der Waals surface area contributed by atoms with Gasteiger partial charge in [-0.25, -0.2) is 4.39 Å². The van der Waals surface area contributed by atoms with E-state index in [1.54, 1.807) is 24.3 Å².